The average Bonchev–Trinajstić information content (AvgIpc) is 3.23. The minimum Gasteiger partial charge on any atom is -0.454 e. The Morgan fingerprint density at radius 1 is 0.968 bits per heavy atom. The van der Waals surface area contributed by atoms with Crippen molar-refractivity contribution in [1.29, 1.82) is 0 Å². The van der Waals surface area contributed by atoms with Gasteiger partial charge in [-0.2, -0.15) is 0 Å². The Hall–Kier alpha value is -3.65. The normalized spacial score (nSPS) is 12.4. The highest BCUT2D eigenvalue weighted by Crippen LogP contribution is 2.33. The van der Waals surface area contributed by atoms with Crippen LogP contribution >= 0.6 is 15.9 Å². The fourth-order valence-electron chi connectivity index (χ4n) is 2.89. The van der Waals surface area contributed by atoms with E-state index in [1.165, 1.54) is 30.3 Å². The van der Waals surface area contributed by atoms with Gasteiger partial charge in [-0.25, -0.2) is 4.39 Å². The maximum atomic E-state index is 13.2. The second-order valence-electron chi connectivity index (χ2n) is 6.57. The molecule has 0 aromatic heterocycles. The van der Waals surface area contributed by atoms with E-state index < -0.39 is 17.6 Å². The Morgan fingerprint density at radius 3 is 2.48 bits per heavy atom. The minimum atomic E-state index is -0.565. The SMILES string of the molecule is O=C(Nc1ccc(F)cc1)/C(=C\c1ccc2c(c1)OCO2)NC(=O)c1ccccc1Br. The second kappa shape index (κ2) is 9.01. The molecule has 0 saturated heterocycles. The number of nitrogens with one attached hydrogen (secondary N) is 2. The van der Waals surface area contributed by atoms with Crippen LogP contribution in [0.3, 0.4) is 0 Å². The summed E-state index contributed by atoms with van der Waals surface area (Å²) in [6, 6.07) is 17.4. The van der Waals surface area contributed by atoms with Crippen molar-refractivity contribution in [2.45, 2.75) is 0 Å². The molecule has 3 aromatic rings. The zero-order chi connectivity index (χ0) is 21.8. The highest BCUT2D eigenvalue weighted by molar-refractivity contribution is 9.10. The predicted molar refractivity (Wildman–Crippen MR) is 117 cm³/mol. The van der Waals surface area contributed by atoms with Gasteiger partial charge < -0.3 is 20.1 Å². The van der Waals surface area contributed by atoms with Gasteiger partial charge in [0, 0.05) is 10.2 Å². The summed E-state index contributed by atoms with van der Waals surface area (Å²) in [5, 5.41) is 5.31. The van der Waals surface area contributed by atoms with Crippen molar-refractivity contribution in [3.8, 4) is 11.5 Å². The van der Waals surface area contributed by atoms with E-state index in [9.17, 15) is 14.0 Å². The molecule has 6 nitrogen and oxygen atoms in total. The third kappa shape index (κ3) is 4.92. The molecule has 1 heterocycles. The number of carbonyl (C=O) groups excluding carboxylic acids is 2. The highest BCUT2D eigenvalue weighted by Gasteiger charge is 2.18. The van der Waals surface area contributed by atoms with Crippen LogP contribution < -0.4 is 20.1 Å². The van der Waals surface area contributed by atoms with Gasteiger partial charge in [0.25, 0.3) is 11.8 Å². The molecule has 2 amide bonds. The largest absolute Gasteiger partial charge is 0.454 e. The summed E-state index contributed by atoms with van der Waals surface area (Å²) in [6.07, 6.45) is 1.52. The van der Waals surface area contributed by atoms with E-state index in [2.05, 4.69) is 26.6 Å². The van der Waals surface area contributed by atoms with Crippen molar-refractivity contribution in [3.63, 3.8) is 0 Å². The number of halogens is 2. The second-order valence-corrected chi connectivity index (χ2v) is 7.42. The van der Waals surface area contributed by atoms with Gasteiger partial charge in [0.15, 0.2) is 11.5 Å². The van der Waals surface area contributed by atoms with Crippen molar-refractivity contribution in [1.82, 2.24) is 5.32 Å². The zero-order valence-electron chi connectivity index (χ0n) is 16.0. The molecule has 4 rings (SSSR count). The summed E-state index contributed by atoms with van der Waals surface area (Å²) in [4.78, 5) is 25.7. The lowest BCUT2D eigenvalue weighted by Gasteiger charge is -2.12. The molecular weight excluding hydrogens is 467 g/mol. The molecule has 31 heavy (non-hydrogen) atoms. The van der Waals surface area contributed by atoms with Crippen LogP contribution in [0.5, 0.6) is 11.5 Å². The third-order valence-corrected chi connectivity index (χ3v) is 5.11. The summed E-state index contributed by atoms with van der Waals surface area (Å²) in [5.41, 5.74) is 1.39. The minimum absolute atomic E-state index is 0.00365. The first-order valence-electron chi connectivity index (χ1n) is 9.24. The molecule has 0 aliphatic carbocycles. The number of hydrogen-bond acceptors (Lipinski definition) is 4. The van der Waals surface area contributed by atoms with Crippen LogP contribution in [-0.2, 0) is 4.79 Å². The highest BCUT2D eigenvalue weighted by atomic mass is 79.9. The first-order valence-corrected chi connectivity index (χ1v) is 10.0. The summed E-state index contributed by atoms with van der Waals surface area (Å²) in [6.45, 7) is 0.124. The van der Waals surface area contributed by atoms with Gasteiger partial charge in [0.2, 0.25) is 6.79 Å². The third-order valence-electron chi connectivity index (χ3n) is 4.42. The van der Waals surface area contributed by atoms with Crippen molar-refractivity contribution < 1.29 is 23.5 Å². The molecule has 0 radical (unpaired) electrons. The van der Waals surface area contributed by atoms with Gasteiger partial charge in [-0.05, 0) is 76.1 Å². The standard InChI is InChI=1S/C23H16BrFN2O4/c24-18-4-2-1-3-17(18)22(28)27-19(23(29)26-16-8-6-15(25)7-9-16)11-14-5-10-20-21(12-14)31-13-30-20/h1-12H,13H2,(H,26,29)(H,27,28)/b19-11+. The lowest BCUT2D eigenvalue weighted by atomic mass is 10.1. The molecule has 0 atom stereocenters. The van der Waals surface area contributed by atoms with Crippen molar-refractivity contribution >= 4 is 39.5 Å². The quantitative estimate of drug-likeness (QED) is 0.515. The maximum absolute atomic E-state index is 13.2. The summed E-state index contributed by atoms with van der Waals surface area (Å²) < 4.78 is 24.4. The number of hydrogen-bond donors (Lipinski definition) is 2. The van der Waals surface area contributed by atoms with E-state index >= 15 is 0 Å². The van der Waals surface area contributed by atoms with Crippen LogP contribution in [0.4, 0.5) is 10.1 Å². The van der Waals surface area contributed by atoms with Crippen LogP contribution in [0, 0.1) is 5.82 Å². The Kier molecular flexibility index (Phi) is 5.99. The lowest BCUT2D eigenvalue weighted by Crippen LogP contribution is -2.31. The number of rotatable bonds is 5. The molecule has 156 valence electrons. The number of ether oxygens (including phenoxy) is 2. The van der Waals surface area contributed by atoms with Gasteiger partial charge in [-0.1, -0.05) is 18.2 Å². The van der Waals surface area contributed by atoms with Crippen LogP contribution in [0.1, 0.15) is 15.9 Å². The molecule has 8 heteroatoms. The molecule has 0 unspecified atom stereocenters. The number of amides is 2. The van der Waals surface area contributed by atoms with Gasteiger partial charge in [-0.3, -0.25) is 9.59 Å². The van der Waals surface area contributed by atoms with Crippen molar-refractivity contribution in [2.75, 3.05) is 12.1 Å². The van der Waals surface area contributed by atoms with Crippen LogP contribution in [0.25, 0.3) is 6.08 Å². The molecule has 0 fully saturated rings. The molecule has 0 spiro atoms. The fourth-order valence-corrected chi connectivity index (χ4v) is 3.36. The smallest absolute Gasteiger partial charge is 0.272 e. The molecular formula is C23H16BrFN2O4. The number of fused-ring (bicyclic) bond motifs is 1. The van der Waals surface area contributed by atoms with Crippen LogP contribution in [0.2, 0.25) is 0 Å². The monoisotopic (exact) mass is 482 g/mol. The van der Waals surface area contributed by atoms with E-state index in [-0.39, 0.29) is 12.5 Å². The van der Waals surface area contributed by atoms with Crippen molar-refractivity contribution in [3.05, 3.63) is 93.8 Å². The molecule has 3 aromatic carbocycles. The molecule has 2 N–H and O–H groups in total. The number of benzene rings is 3. The van der Waals surface area contributed by atoms with Gasteiger partial charge in [-0.15, -0.1) is 0 Å². The Morgan fingerprint density at radius 2 is 1.71 bits per heavy atom. The summed E-state index contributed by atoms with van der Waals surface area (Å²) in [5.74, 6) is -0.300. The maximum Gasteiger partial charge on any atom is 0.272 e. The van der Waals surface area contributed by atoms with Gasteiger partial charge >= 0.3 is 0 Å². The topological polar surface area (TPSA) is 76.7 Å². The molecule has 0 saturated carbocycles. The van der Waals surface area contributed by atoms with E-state index in [1.54, 1.807) is 42.5 Å². The summed E-state index contributed by atoms with van der Waals surface area (Å²) >= 11 is 3.34. The Bertz CT molecular complexity index is 1180. The summed E-state index contributed by atoms with van der Waals surface area (Å²) in [7, 11) is 0. The van der Waals surface area contributed by atoms with Crippen LogP contribution in [-0.4, -0.2) is 18.6 Å². The first kappa shape index (κ1) is 20.6. The predicted octanol–water partition coefficient (Wildman–Crippen LogP) is 4.73. The van der Waals surface area contributed by atoms with Crippen LogP contribution in [0.15, 0.2) is 76.9 Å². The molecule has 0 bridgehead atoms. The van der Waals surface area contributed by atoms with E-state index in [1.807, 2.05) is 0 Å². The first-order chi connectivity index (χ1) is 15.0. The van der Waals surface area contributed by atoms with E-state index in [4.69, 9.17) is 9.47 Å². The lowest BCUT2D eigenvalue weighted by molar-refractivity contribution is -0.113. The van der Waals surface area contributed by atoms with Gasteiger partial charge in [0.1, 0.15) is 11.5 Å². The van der Waals surface area contributed by atoms with Gasteiger partial charge in [0.05, 0.1) is 5.56 Å². The Labute approximate surface area is 185 Å². The van der Waals surface area contributed by atoms with E-state index in [0.29, 0.717) is 32.8 Å². The number of anilines is 1. The average molecular weight is 483 g/mol. The zero-order valence-corrected chi connectivity index (χ0v) is 17.6. The Balaban J connectivity index is 1.64. The van der Waals surface area contributed by atoms with E-state index in [0.717, 1.165) is 0 Å². The fraction of sp³-hybridized carbons (Fsp3) is 0.0435. The molecule has 1 aliphatic rings. The number of carbonyl (C=O) groups is 2. The molecule has 1 aliphatic heterocycles. The van der Waals surface area contributed by atoms with Crippen molar-refractivity contribution in [2.24, 2.45) is 0 Å².